The SMILES string of the molecule is Brc1ccccc1CCN=CCC1CCCCC12OCCO2. The molecule has 4 heteroatoms. The summed E-state index contributed by atoms with van der Waals surface area (Å²) >= 11 is 3.58. The van der Waals surface area contributed by atoms with Crippen molar-refractivity contribution >= 4 is 22.1 Å². The molecule has 1 aromatic rings. The van der Waals surface area contributed by atoms with Crippen LogP contribution in [0.4, 0.5) is 0 Å². The second-order valence-corrected chi connectivity index (χ2v) is 6.97. The van der Waals surface area contributed by atoms with Gasteiger partial charge in [0.15, 0.2) is 5.79 Å². The molecule has 0 N–H and O–H groups in total. The summed E-state index contributed by atoms with van der Waals surface area (Å²) in [6, 6.07) is 8.35. The van der Waals surface area contributed by atoms with E-state index in [1.165, 1.54) is 29.3 Å². The van der Waals surface area contributed by atoms with Crippen LogP contribution >= 0.6 is 15.9 Å². The van der Waals surface area contributed by atoms with E-state index in [-0.39, 0.29) is 5.79 Å². The fourth-order valence-electron chi connectivity index (χ4n) is 3.51. The van der Waals surface area contributed by atoms with Gasteiger partial charge in [-0.1, -0.05) is 40.5 Å². The molecule has 0 bridgehead atoms. The van der Waals surface area contributed by atoms with E-state index in [4.69, 9.17) is 9.47 Å². The van der Waals surface area contributed by atoms with Crippen LogP contribution in [0.5, 0.6) is 0 Å². The summed E-state index contributed by atoms with van der Waals surface area (Å²) in [6.07, 6.45) is 8.76. The lowest BCUT2D eigenvalue weighted by Gasteiger charge is -2.38. The molecule has 3 rings (SSSR count). The highest BCUT2D eigenvalue weighted by molar-refractivity contribution is 9.10. The average Bonchev–Trinajstić information content (AvgIpc) is 3.00. The fraction of sp³-hybridized carbons (Fsp3) is 0.611. The third-order valence-corrected chi connectivity index (χ3v) is 5.49. The first kappa shape index (κ1) is 16.2. The van der Waals surface area contributed by atoms with Gasteiger partial charge in [-0.25, -0.2) is 0 Å². The van der Waals surface area contributed by atoms with Crippen LogP contribution in [-0.2, 0) is 15.9 Å². The molecule has 3 nitrogen and oxygen atoms in total. The largest absolute Gasteiger partial charge is 0.347 e. The molecule has 0 aromatic heterocycles. The van der Waals surface area contributed by atoms with Gasteiger partial charge in [-0.3, -0.25) is 4.99 Å². The van der Waals surface area contributed by atoms with Crippen LogP contribution in [0.1, 0.15) is 37.7 Å². The van der Waals surface area contributed by atoms with Crippen molar-refractivity contribution < 1.29 is 9.47 Å². The minimum atomic E-state index is -0.299. The van der Waals surface area contributed by atoms with Gasteiger partial charge in [0, 0.05) is 23.4 Å². The Hall–Kier alpha value is -0.710. The zero-order valence-electron chi connectivity index (χ0n) is 13.0. The predicted molar refractivity (Wildman–Crippen MR) is 92.4 cm³/mol. The quantitative estimate of drug-likeness (QED) is 0.724. The number of nitrogens with zero attached hydrogens (tertiary/aromatic N) is 1. The number of hydrogen-bond donors (Lipinski definition) is 0. The number of benzene rings is 1. The van der Waals surface area contributed by atoms with Crippen LogP contribution in [0.2, 0.25) is 0 Å². The van der Waals surface area contributed by atoms with Gasteiger partial charge in [0.05, 0.1) is 13.2 Å². The Kier molecular flexibility index (Phi) is 5.66. The minimum absolute atomic E-state index is 0.299. The van der Waals surface area contributed by atoms with Crippen molar-refractivity contribution in [2.45, 2.75) is 44.3 Å². The van der Waals surface area contributed by atoms with Crippen LogP contribution in [-0.4, -0.2) is 31.8 Å². The molecule has 120 valence electrons. The summed E-state index contributed by atoms with van der Waals surface area (Å²) in [4.78, 5) is 4.60. The van der Waals surface area contributed by atoms with E-state index in [9.17, 15) is 0 Å². The summed E-state index contributed by atoms with van der Waals surface area (Å²) in [5.74, 6) is 0.170. The normalized spacial score (nSPS) is 24.3. The second-order valence-electron chi connectivity index (χ2n) is 6.12. The minimum Gasteiger partial charge on any atom is -0.347 e. The van der Waals surface area contributed by atoms with E-state index < -0.39 is 0 Å². The van der Waals surface area contributed by atoms with E-state index >= 15 is 0 Å². The Morgan fingerprint density at radius 1 is 1.23 bits per heavy atom. The second kappa shape index (κ2) is 7.71. The topological polar surface area (TPSA) is 30.8 Å². The average molecular weight is 366 g/mol. The predicted octanol–water partition coefficient (Wildman–Crippen LogP) is 4.39. The zero-order valence-corrected chi connectivity index (χ0v) is 14.6. The molecule has 0 radical (unpaired) electrons. The van der Waals surface area contributed by atoms with E-state index in [1.807, 2.05) is 6.07 Å². The molecule has 1 heterocycles. The van der Waals surface area contributed by atoms with Gasteiger partial charge >= 0.3 is 0 Å². The van der Waals surface area contributed by atoms with Crippen molar-refractivity contribution in [1.82, 2.24) is 0 Å². The number of ether oxygens (including phenoxy) is 2. The summed E-state index contributed by atoms with van der Waals surface area (Å²) in [5, 5.41) is 0. The van der Waals surface area contributed by atoms with Gasteiger partial charge in [-0.15, -0.1) is 0 Å². The van der Waals surface area contributed by atoms with Gasteiger partial charge in [-0.05, 0) is 43.5 Å². The maximum atomic E-state index is 5.95. The fourth-order valence-corrected chi connectivity index (χ4v) is 4.00. The molecule has 1 spiro atoms. The summed E-state index contributed by atoms with van der Waals surface area (Å²) in [5.41, 5.74) is 1.32. The number of hydrogen-bond acceptors (Lipinski definition) is 3. The molecule has 1 aliphatic carbocycles. The molecule has 1 atom stereocenters. The van der Waals surface area contributed by atoms with Gasteiger partial charge in [0.25, 0.3) is 0 Å². The van der Waals surface area contributed by atoms with Crippen LogP contribution in [0.3, 0.4) is 0 Å². The smallest absolute Gasteiger partial charge is 0.171 e. The van der Waals surface area contributed by atoms with Gasteiger partial charge in [0.2, 0.25) is 0 Å². The highest BCUT2D eigenvalue weighted by Gasteiger charge is 2.45. The van der Waals surface area contributed by atoms with Gasteiger partial charge < -0.3 is 9.47 Å². The molecule has 2 aliphatic rings. The van der Waals surface area contributed by atoms with Crippen molar-refractivity contribution in [2.24, 2.45) is 10.9 Å². The zero-order chi connectivity index (χ0) is 15.3. The number of aliphatic imine (C=N–C) groups is 1. The van der Waals surface area contributed by atoms with Crippen LogP contribution < -0.4 is 0 Å². The first-order chi connectivity index (χ1) is 10.8. The van der Waals surface area contributed by atoms with Crippen molar-refractivity contribution in [3.8, 4) is 0 Å². The highest BCUT2D eigenvalue weighted by Crippen LogP contribution is 2.41. The molecule has 22 heavy (non-hydrogen) atoms. The maximum Gasteiger partial charge on any atom is 0.171 e. The van der Waals surface area contributed by atoms with Gasteiger partial charge in [0.1, 0.15) is 0 Å². The molecule has 1 aromatic carbocycles. The van der Waals surface area contributed by atoms with E-state index in [1.54, 1.807) is 0 Å². The lowest BCUT2D eigenvalue weighted by atomic mass is 9.81. The van der Waals surface area contributed by atoms with Crippen LogP contribution in [0, 0.1) is 5.92 Å². The van der Waals surface area contributed by atoms with E-state index in [0.717, 1.165) is 39.0 Å². The Labute approximate surface area is 141 Å². The Morgan fingerprint density at radius 3 is 2.86 bits per heavy atom. The van der Waals surface area contributed by atoms with Crippen molar-refractivity contribution in [3.63, 3.8) is 0 Å². The van der Waals surface area contributed by atoms with Crippen molar-refractivity contribution in [2.75, 3.05) is 19.8 Å². The molecular formula is C18H24BrNO2. The summed E-state index contributed by atoms with van der Waals surface area (Å²) in [6.45, 7) is 2.33. The molecular weight excluding hydrogens is 342 g/mol. The highest BCUT2D eigenvalue weighted by atomic mass is 79.9. The molecule has 1 saturated carbocycles. The summed E-state index contributed by atoms with van der Waals surface area (Å²) < 4.78 is 13.1. The third kappa shape index (κ3) is 3.79. The maximum absolute atomic E-state index is 5.95. The van der Waals surface area contributed by atoms with Gasteiger partial charge in [-0.2, -0.15) is 0 Å². The lowest BCUT2D eigenvalue weighted by Crippen LogP contribution is -2.42. The van der Waals surface area contributed by atoms with Crippen LogP contribution in [0.25, 0.3) is 0 Å². The van der Waals surface area contributed by atoms with Crippen molar-refractivity contribution in [1.29, 1.82) is 0 Å². The number of halogens is 1. The molecule has 1 saturated heterocycles. The molecule has 1 aliphatic heterocycles. The lowest BCUT2D eigenvalue weighted by molar-refractivity contribution is -0.210. The molecule has 2 fully saturated rings. The number of rotatable bonds is 5. The monoisotopic (exact) mass is 365 g/mol. The molecule has 0 amide bonds. The standard InChI is InChI=1S/C18H24BrNO2/c19-17-7-2-1-5-15(17)8-11-20-12-9-16-6-3-4-10-18(16)21-13-14-22-18/h1-2,5,7,12,16H,3-4,6,8-11,13-14H2. The summed E-state index contributed by atoms with van der Waals surface area (Å²) in [7, 11) is 0. The van der Waals surface area contributed by atoms with Crippen LogP contribution in [0.15, 0.2) is 33.7 Å². The Balaban J connectivity index is 1.48. The van der Waals surface area contributed by atoms with E-state index in [0.29, 0.717) is 5.92 Å². The first-order valence-corrected chi connectivity index (χ1v) is 9.09. The Morgan fingerprint density at radius 2 is 2.05 bits per heavy atom. The van der Waals surface area contributed by atoms with E-state index in [2.05, 4.69) is 45.3 Å². The third-order valence-electron chi connectivity index (χ3n) is 4.71. The Bertz CT molecular complexity index is 512. The first-order valence-electron chi connectivity index (χ1n) is 8.30. The van der Waals surface area contributed by atoms with Crippen molar-refractivity contribution in [3.05, 3.63) is 34.3 Å². The molecule has 1 unspecified atom stereocenters.